The summed E-state index contributed by atoms with van der Waals surface area (Å²) in [5.74, 6) is -1.48. The molecule has 0 aliphatic carbocycles. The molecule has 3 fully saturated rings. The van der Waals surface area contributed by atoms with Crippen LogP contribution >= 0.6 is 0 Å². The van der Waals surface area contributed by atoms with Gasteiger partial charge in [0.25, 0.3) is 5.91 Å². The summed E-state index contributed by atoms with van der Waals surface area (Å²) < 4.78 is 49.2. The van der Waals surface area contributed by atoms with E-state index in [9.17, 15) is 14.0 Å². The molecule has 1 N–H and O–H groups in total. The Morgan fingerprint density at radius 1 is 1.17 bits per heavy atom. The third-order valence-corrected chi connectivity index (χ3v) is 8.08. The van der Waals surface area contributed by atoms with Gasteiger partial charge in [-0.3, -0.25) is 9.59 Å². The summed E-state index contributed by atoms with van der Waals surface area (Å²) in [7, 11) is 4.93. The lowest BCUT2D eigenvalue weighted by Crippen LogP contribution is -2.58. The number of amides is 2. The third kappa shape index (κ3) is 6.07. The van der Waals surface area contributed by atoms with E-state index in [0.29, 0.717) is 36.4 Å². The standard InChI is InChI=1S/C29H40FN3O8/c1-17(2)10-22(28(35)33-14-21(30)25-26(33)29(36-4,37-5)16-40-25)31-27(34)24-12-18-11-19(6-7-23(18)41-24)39-15-20-13-32(3)8-9-38-20/h6-7,11-12,17,20-22,25-26H,8-10,13-16H2,1-5H3,(H,31,34)/t20-,21?,22?,25?,26?/m1/s1. The number of benzene rings is 1. The number of fused-ring (bicyclic) bond motifs is 2. The third-order valence-electron chi connectivity index (χ3n) is 8.08. The Bertz CT molecular complexity index is 1230. The SMILES string of the molecule is COC1(OC)COC2C(F)CN(C(=O)C(CC(C)C)NC(=O)c3cc4cc(OC[C@H]5CN(C)CCO5)ccc4o3)C21. The molecule has 2 amide bonds. The number of nitrogens with one attached hydrogen (secondary N) is 1. The molecule has 41 heavy (non-hydrogen) atoms. The Balaban J connectivity index is 1.29. The van der Waals surface area contributed by atoms with Gasteiger partial charge in [-0.1, -0.05) is 13.8 Å². The number of furan rings is 1. The van der Waals surface area contributed by atoms with Gasteiger partial charge in [-0.25, -0.2) is 4.39 Å². The topological polar surface area (TPSA) is 112 Å². The monoisotopic (exact) mass is 577 g/mol. The van der Waals surface area contributed by atoms with E-state index >= 15 is 0 Å². The molecule has 226 valence electrons. The molecular weight excluding hydrogens is 537 g/mol. The predicted octanol–water partition coefficient (Wildman–Crippen LogP) is 2.22. The summed E-state index contributed by atoms with van der Waals surface area (Å²) in [6.45, 7) is 6.49. The minimum Gasteiger partial charge on any atom is -0.491 e. The largest absolute Gasteiger partial charge is 0.491 e. The highest BCUT2D eigenvalue weighted by atomic mass is 19.1. The summed E-state index contributed by atoms with van der Waals surface area (Å²) in [6, 6.07) is 5.25. The van der Waals surface area contributed by atoms with Crippen LogP contribution in [0, 0.1) is 5.92 Å². The van der Waals surface area contributed by atoms with Crippen molar-refractivity contribution >= 4 is 22.8 Å². The predicted molar refractivity (Wildman–Crippen MR) is 147 cm³/mol. The normalized spacial score (nSPS) is 26.9. The Hall–Kier alpha value is -2.77. The molecule has 3 aliphatic rings. The summed E-state index contributed by atoms with van der Waals surface area (Å²) in [4.78, 5) is 30.7. The first-order valence-electron chi connectivity index (χ1n) is 14.1. The smallest absolute Gasteiger partial charge is 0.287 e. The zero-order valence-electron chi connectivity index (χ0n) is 24.3. The Kier molecular flexibility index (Phi) is 8.86. The lowest BCUT2D eigenvalue weighted by atomic mass is 10.0. The van der Waals surface area contributed by atoms with E-state index in [1.807, 2.05) is 20.9 Å². The van der Waals surface area contributed by atoms with Gasteiger partial charge in [-0.2, -0.15) is 0 Å². The number of ether oxygens (including phenoxy) is 5. The number of morpholine rings is 1. The molecule has 1 aromatic carbocycles. The number of hydrogen-bond donors (Lipinski definition) is 1. The number of likely N-dealkylation sites (N-methyl/N-ethyl adjacent to an activating group) is 1. The zero-order chi connectivity index (χ0) is 29.3. The Labute approximate surface area is 239 Å². The summed E-state index contributed by atoms with van der Waals surface area (Å²) in [5.41, 5.74) is 0.513. The molecule has 11 nitrogen and oxygen atoms in total. The van der Waals surface area contributed by atoms with Crippen LogP contribution in [-0.2, 0) is 23.7 Å². The number of nitrogens with zero attached hydrogens (tertiary/aromatic N) is 2. The fraction of sp³-hybridized carbons (Fsp3) is 0.655. The minimum atomic E-state index is -1.40. The summed E-state index contributed by atoms with van der Waals surface area (Å²) >= 11 is 0. The van der Waals surface area contributed by atoms with Gasteiger partial charge in [-0.05, 0) is 43.7 Å². The van der Waals surface area contributed by atoms with E-state index in [1.165, 1.54) is 19.1 Å². The number of carbonyl (C=O) groups is 2. The van der Waals surface area contributed by atoms with Gasteiger partial charge in [0.15, 0.2) is 5.76 Å². The average molecular weight is 578 g/mol. The number of hydrogen-bond acceptors (Lipinski definition) is 9. The zero-order valence-corrected chi connectivity index (χ0v) is 24.3. The maximum Gasteiger partial charge on any atom is 0.287 e. The lowest BCUT2D eigenvalue weighted by Gasteiger charge is -2.37. The summed E-state index contributed by atoms with van der Waals surface area (Å²) in [5, 5.41) is 3.52. The van der Waals surface area contributed by atoms with E-state index in [-0.39, 0.29) is 30.9 Å². The van der Waals surface area contributed by atoms with Crippen LogP contribution in [0.25, 0.3) is 11.0 Å². The molecule has 4 heterocycles. The van der Waals surface area contributed by atoms with E-state index in [2.05, 4.69) is 10.2 Å². The van der Waals surface area contributed by atoms with Gasteiger partial charge in [-0.15, -0.1) is 0 Å². The molecule has 5 rings (SSSR count). The van der Waals surface area contributed by atoms with Crippen LogP contribution in [0.5, 0.6) is 5.75 Å². The van der Waals surface area contributed by atoms with Crippen LogP contribution in [0.3, 0.4) is 0 Å². The van der Waals surface area contributed by atoms with Gasteiger partial charge >= 0.3 is 0 Å². The van der Waals surface area contributed by atoms with Crippen molar-refractivity contribution in [1.82, 2.24) is 15.1 Å². The van der Waals surface area contributed by atoms with Gasteiger partial charge in [0.2, 0.25) is 11.7 Å². The Morgan fingerprint density at radius 2 is 1.95 bits per heavy atom. The van der Waals surface area contributed by atoms with Crippen LogP contribution in [0.1, 0.15) is 30.8 Å². The number of likely N-dealkylation sites (tertiary alicyclic amines) is 1. The second-order valence-electron chi connectivity index (χ2n) is 11.5. The molecule has 2 aromatic rings. The molecular formula is C29H40FN3O8. The Morgan fingerprint density at radius 3 is 2.66 bits per heavy atom. The van der Waals surface area contributed by atoms with E-state index in [4.69, 9.17) is 28.1 Å². The van der Waals surface area contributed by atoms with Crippen LogP contribution in [0.4, 0.5) is 4.39 Å². The minimum absolute atomic E-state index is 0.00381. The van der Waals surface area contributed by atoms with E-state index in [0.717, 1.165) is 13.1 Å². The molecule has 5 atom stereocenters. The molecule has 1 aromatic heterocycles. The molecule has 0 radical (unpaired) electrons. The van der Waals surface area contributed by atoms with Crippen molar-refractivity contribution in [2.45, 2.75) is 56.5 Å². The van der Waals surface area contributed by atoms with Crippen LogP contribution in [-0.4, -0.2) is 119 Å². The van der Waals surface area contributed by atoms with Crippen LogP contribution < -0.4 is 10.1 Å². The van der Waals surface area contributed by atoms with Crippen molar-refractivity contribution in [3.8, 4) is 5.75 Å². The fourth-order valence-corrected chi connectivity index (χ4v) is 5.93. The number of alkyl halides is 1. The first kappa shape index (κ1) is 29.7. The summed E-state index contributed by atoms with van der Waals surface area (Å²) in [6.07, 6.45) is -1.94. The highest BCUT2D eigenvalue weighted by Gasteiger charge is 2.62. The van der Waals surface area contributed by atoms with Gasteiger partial charge in [0, 0.05) is 32.7 Å². The maximum absolute atomic E-state index is 14.9. The molecule has 0 spiro atoms. The second kappa shape index (κ2) is 12.2. The second-order valence-corrected chi connectivity index (χ2v) is 11.5. The lowest BCUT2D eigenvalue weighted by molar-refractivity contribution is -0.227. The highest BCUT2D eigenvalue weighted by molar-refractivity contribution is 5.99. The number of rotatable bonds is 10. The van der Waals surface area contributed by atoms with E-state index in [1.54, 1.807) is 24.3 Å². The number of methoxy groups -OCH3 is 2. The van der Waals surface area contributed by atoms with Crippen molar-refractivity contribution in [2.75, 3.05) is 60.7 Å². The molecule has 3 saturated heterocycles. The quantitative estimate of drug-likeness (QED) is 0.425. The molecule has 0 saturated carbocycles. The van der Waals surface area contributed by atoms with Gasteiger partial charge < -0.3 is 43.2 Å². The van der Waals surface area contributed by atoms with Crippen molar-refractivity contribution in [3.05, 3.63) is 30.0 Å². The first-order chi connectivity index (χ1) is 19.6. The number of carbonyl (C=O) groups excluding carboxylic acids is 2. The number of halogens is 1. The molecule has 0 bridgehead atoms. The van der Waals surface area contributed by atoms with Crippen LogP contribution in [0.2, 0.25) is 0 Å². The molecule has 4 unspecified atom stereocenters. The van der Waals surface area contributed by atoms with Gasteiger partial charge in [0.1, 0.15) is 55.0 Å². The van der Waals surface area contributed by atoms with Crippen molar-refractivity contribution in [2.24, 2.45) is 5.92 Å². The first-order valence-corrected chi connectivity index (χ1v) is 14.1. The van der Waals surface area contributed by atoms with Gasteiger partial charge in [0.05, 0.1) is 13.2 Å². The highest BCUT2D eigenvalue weighted by Crippen LogP contribution is 2.40. The molecule has 12 heteroatoms. The van der Waals surface area contributed by atoms with Crippen molar-refractivity contribution < 1.29 is 42.1 Å². The maximum atomic E-state index is 14.9. The fourth-order valence-electron chi connectivity index (χ4n) is 5.93. The average Bonchev–Trinajstić information content (AvgIpc) is 3.64. The van der Waals surface area contributed by atoms with Crippen LogP contribution in [0.15, 0.2) is 28.7 Å². The molecule has 3 aliphatic heterocycles. The van der Waals surface area contributed by atoms with Crippen molar-refractivity contribution in [1.29, 1.82) is 0 Å². The van der Waals surface area contributed by atoms with E-state index < -0.39 is 42.0 Å². The van der Waals surface area contributed by atoms with Crippen molar-refractivity contribution in [3.63, 3.8) is 0 Å².